The summed E-state index contributed by atoms with van der Waals surface area (Å²) in [5.74, 6) is 0.300. The van der Waals surface area contributed by atoms with Crippen molar-refractivity contribution in [3.8, 4) is 0 Å². The molecule has 1 saturated heterocycles. The van der Waals surface area contributed by atoms with Crippen molar-refractivity contribution in [3.05, 3.63) is 29.8 Å². The van der Waals surface area contributed by atoms with Crippen molar-refractivity contribution in [1.82, 2.24) is 9.62 Å². The van der Waals surface area contributed by atoms with Gasteiger partial charge in [-0.15, -0.1) is 0 Å². The van der Waals surface area contributed by atoms with Gasteiger partial charge in [0.05, 0.1) is 4.90 Å². The molecular weight excluding hydrogens is 274 g/mol. The van der Waals surface area contributed by atoms with E-state index in [-0.39, 0.29) is 12.6 Å². The summed E-state index contributed by atoms with van der Waals surface area (Å²) in [6, 6.07) is 6.89. The minimum Gasteiger partial charge on any atom is -0.326 e. The lowest BCUT2D eigenvalue weighted by Crippen LogP contribution is -2.48. The average Bonchev–Trinajstić information content (AvgIpc) is 2.42. The first-order chi connectivity index (χ1) is 9.44. The van der Waals surface area contributed by atoms with Crippen LogP contribution in [0.5, 0.6) is 0 Å². The Bertz CT molecular complexity index is 559. The molecule has 20 heavy (non-hydrogen) atoms. The summed E-state index contributed by atoms with van der Waals surface area (Å²) >= 11 is 0. The molecule has 0 radical (unpaired) electrons. The molecule has 112 valence electrons. The lowest BCUT2D eigenvalue weighted by Gasteiger charge is -2.35. The zero-order valence-corrected chi connectivity index (χ0v) is 12.9. The predicted octanol–water partition coefficient (Wildman–Crippen LogP) is 0.764. The van der Waals surface area contributed by atoms with E-state index in [1.807, 2.05) is 0 Å². The molecule has 2 atom stereocenters. The number of hydrogen-bond donors (Lipinski definition) is 2. The predicted molar refractivity (Wildman–Crippen MR) is 79.7 cm³/mol. The SMILES string of the molecule is CC1CN(C)CCC1NS(=O)(=O)c1ccccc1CN. The Morgan fingerprint density at radius 2 is 2.10 bits per heavy atom. The zero-order valence-electron chi connectivity index (χ0n) is 12.0. The van der Waals surface area contributed by atoms with Gasteiger partial charge in [0.1, 0.15) is 0 Å². The minimum atomic E-state index is -3.50. The molecule has 0 bridgehead atoms. The molecule has 5 nitrogen and oxygen atoms in total. The van der Waals surface area contributed by atoms with E-state index in [4.69, 9.17) is 5.73 Å². The molecule has 0 aliphatic carbocycles. The number of benzene rings is 1. The van der Waals surface area contributed by atoms with E-state index in [9.17, 15) is 8.42 Å². The van der Waals surface area contributed by atoms with Crippen molar-refractivity contribution in [2.75, 3.05) is 20.1 Å². The first kappa shape index (κ1) is 15.4. The van der Waals surface area contributed by atoms with Crippen molar-refractivity contribution in [2.45, 2.75) is 30.8 Å². The molecule has 1 aromatic carbocycles. The Morgan fingerprint density at radius 1 is 1.40 bits per heavy atom. The Labute approximate surface area is 121 Å². The van der Waals surface area contributed by atoms with Gasteiger partial charge in [-0.25, -0.2) is 13.1 Å². The van der Waals surface area contributed by atoms with Gasteiger partial charge in [-0.2, -0.15) is 0 Å². The maximum absolute atomic E-state index is 12.5. The molecule has 6 heteroatoms. The summed E-state index contributed by atoms with van der Waals surface area (Å²) in [5.41, 5.74) is 6.28. The van der Waals surface area contributed by atoms with Crippen LogP contribution in [0.2, 0.25) is 0 Å². The van der Waals surface area contributed by atoms with Gasteiger partial charge in [0, 0.05) is 19.1 Å². The topological polar surface area (TPSA) is 75.4 Å². The van der Waals surface area contributed by atoms with Gasteiger partial charge < -0.3 is 10.6 Å². The maximum Gasteiger partial charge on any atom is 0.241 e. The monoisotopic (exact) mass is 297 g/mol. The van der Waals surface area contributed by atoms with E-state index in [1.165, 1.54) is 0 Å². The molecule has 1 heterocycles. The molecule has 1 aliphatic rings. The van der Waals surface area contributed by atoms with Crippen LogP contribution in [0.15, 0.2) is 29.2 Å². The van der Waals surface area contributed by atoms with Crippen molar-refractivity contribution >= 4 is 10.0 Å². The fourth-order valence-electron chi connectivity index (χ4n) is 2.73. The van der Waals surface area contributed by atoms with Gasteiger partial charge in [0.15, 0.2) is 0 Å². The van der Waals surface area contributed by atoms with Crippen LogP contribution in [0.1, 0.15) is 18.9 Å². The molecule has 1 aromatic rings. The van der Waals surface area contributed by atoms with Gasteiger partial charge in [-0.1, -0.05) is 25.1 Å². The fraction of sp³-hybridized carbons (Fsp3) is 0.571. The van der Waals surface area contributed by atoms with Crippen LogP contribution in [0.4, 0.5) is 0 Å². The van der Waals surface area contributed by atoms with Crippen molar-refractivity contribution in [2.24, 2.45) is 11.7 Å². The third-order valence-electron chi connectivity index (χ3n) is 3.90. The smallest absolute Gasteiger partial charge is 0.241 e. The van der Waals surface area contributed by atoms with E-state index >= 15 is 0 Å². The lowest BCUT2D eigenvalue weighted by molar-refractivity contribution is 0.188. The lowest BCUT2D eigenvalue weighted by atomic mass is 9.95. The number of nitrogens with one attached hydrogen (secondary N) is 1. The van der Waals surface area contributed by atoms with Crippen molar-refractivity contribution in [1.29, 1.82) is 0 Å². The van der Waals surface area contributed by atoms with Gasteiger partial charge in [-0.05, 0) is 37.6 Å². The minimum absolute atomic E-state index is 0.0120. The second-order valence-corrected chi connectivity index (χ2v) is 7.25. The van der Waals surface area contributed by atoms with E-state index in [2.05, 4.69) is 23.6 Å². The summed E-state index contributed by atoms with van der Waals surface area (Å²) in [5, 5.41) is 0. The van der Waals surface area contributed by atoms with Crippen LogP contribution in [0.3, 0.4) is 0 Å². The van der Waals surface area contributed by atoms with E-state index in [0.717, 1.165) is 19.5 Å². The molecule has 2 unspecified atom stereocenters. The summed E-state index contributed by atoms with van der Waals surface area (Å²) in [6.07, 6.45) is 0.835. The molecule has 3 N–H and O–H groups in total. The Hall–Kier alpha value is -0.950. The number of nitrogens with two attached hydrogens (primary N) is 1. The van der Waals surface area contributed by atoms with Crippen molar-refractivity contribution in [3.63, 3.8) is 0 Å². The molecular formula is C14H23N3O2S. The van der Waals surface area contributed by atoms with E-state index in [0.29, 0.717) is 16.4 Å². The van der Waals surface area contributed by atoms with Gasteiger partial charge in [-0.3, -0.25) is 0 Å². The molecule has 0 spiro atoms. The van der Waals surface area contributed by atoms with Gasteiger partial charge >= 0.3 is 0 Å². The summed E-state index contributed by atoms with van der Waals surface area (Å²) in [6.45, 7) is 4.12. The molecule has 0 amide bonds. The summed E-state index contributed by atoms with van der Waals surface area (Å²) in [7, 11) is -1.44. The average molecular weight is 297 g/mol. The number of sulfonamides is 1. The van der Waals surface area contributed by atoms with Crippen LogP contribution in [0.25, 0.3) is 0 Å². The summed E-state index contributed by atoms with van der Waals surface area (Å²) in [4.78, 5) is 2.53. The Balaban J connectivity index is 2.19. The summed E-state index contributed by atoms with van der Waals surface area (Å²) < 4.78 is 27.9. The quantitative estimate of drug-likeness (QED) is 0.860. The van der Waals surface area contributed by atoms with Crippen LogP contribution >= 0.6 is 0 Å². The number of rotatable bonds is 4. The standard InChI is InChI=1S/C14H23N3O2S/c1-11-10-17(2)8-7-13(11)16-20(18,19)14-6-4-3-5-12(14)9-15/h3-6,11,13,16H,7-10,15H2,1-2H3. The first-order valence-electron chi connectivity index (χ1n) is 6.93. The molecule has 0 saturated carbocycles. The van der Waals surface area contributed by atoms with E-state index in [1.54, 1.807) is 24.3 Å². The second kappa shape index (κ2) is 6.22. The number of hydrogen-bond acceptors (Lipinski definition) is 4. The normalized spacial score (nSPS) is 24.8. The van der Waals surface area contributed by atoms with Crippen LogP contribution in [-0.4, -0.2) is 39.5 Å². The molecule has 0 aromatic heterocycles. The van der Waals surface area contributed by atoms with Crippen LogP contribution < -0.4 is 10.5 Å². The number of nitrogens with zero attached hydrogens (tertiary/aromatic N) is 1. The largest absolute Gasteiger partial charge is 0.326 e. The fourth-order valence-corrected chi connectivity index (χ4v) is 4.36. The number of likely N-dealkylation sites (tertiary alicyclic amines) is 1. The molecule has 1 fully saturated rings. The second-order valence-electron chi connectivity index (χ2n) is 5.57. The Morgan fingerprint density at radius 3 is 2.75 bits per heavy atom. The van der Waals surface area contributed by atoms with Crippen LogP contribution in [0, 0.1) is 5.92 Å². The molecule has 2 rings (SSSR count). The zero-order chi connectivity index (χ0) is 14.8. The highest BCUT2D eigenvalue weighted by atomic mass is 32.2. The molecule has 1 aliphatic heterocycles. The highest BCUT2D eigenvalue weighted by Crippen LogP contribution is 2.20. The Kier molecular flexibility index (Phi) is 4.80. The highest BCUT2D eigenvalue weighted by molar-refractivity contribution is 7.89. The van der Waals surface area contributed by atoms with Crippen molar-refractivity contribution < 1.29 is 8.42 Å². The first-order valence-corrected chi connectivity index (χ1v) is 8.41. The van der Waals surface area contributed by atoms with Gasteiger partial charge in [0.25, 0.3) is 0 Å². The third kappa shape index (κ3) is 3.38. The highest BCUT2D eigenvalue weighted by Gasteiger charge is 2.29. The third-order valence-corrected chi connectivity index (χ3v) is 5.49. The van der Waals surface area contributed by atoms with Gasteiger partial charge in [0.2, 0.25) is 10.0 Å². The maximum atomic E-state index is 12.5. The van der Waals surface area contributed by atoms with Crippen LogP contribution in [-0.2, 0) is 16.6 Å². The number of piperidine rings is 1. The van der Waals surface area contributed by atoms with E-state index < -0.39 is 10.0 Å².